The van der Waals surface area contributed by atoms with Gasteiger partial charge in [0.25, 0.3) is 0 Å². The fraction of sp³-hybridized carbons (Fsp3) is 0.143. The van der Waals surface area contributed by atoms with Gasteiger partial charge in [-0.15, -0.1) is 0 Å². The summed E-state index contributed by atoms with van der Waals surface area (Å²) >= 11 is 0. The Kier molecular flexibility index (Phi) is 4.31. The van der Waals surface area contributed by atoms with E-state index >= 15 is 0 Å². The summed E-state index contributed by atoms with van der Waals surface area (Å²) in [6.45, 7) is 0. The maximum absolute atomic E-state index is 13.0. The number of hydrogen-bond acceptors (Lipinski definition) is 4. The first-order valence-corrected chi connectivity index (χ1v) is 8.68. The summed E-state index contributed by atoms with van der Waals surface area (Å²) in [7, 11) is 1.68. The third-order valence-electron chi connectivity index (χ3n) is 4.82. The van der Waals surface area contributed by atoms with Crippen LogP contribution in [0.2, 0.25) is 0 Å². The molecule has 29 heavy (non-hydrogen) atoms. The second-order valence-electron chi connectivity index (χ2n) is 6.60. The van der Waals surface area contributed by atoms with Crippen LogP contribution in [0, 0.1) is 11.3 Å². The molecule has 5 nitrogen and oxygen atoms in total. The quantitative estimate of drug-likeness (QED) is 0.700. The maximum Gasteiger partial charge on any atom is 0.416 e. The zero-order valence-corrected chi connectivity index (χ0v) is 15.2. The lowest BCUT2D eigenvalue weighted by atomic mass is 9.82. The van der Waals surface area contributed by atoms with Crippen molar-refractivity contribution in [3.63, 3.8) is 0 Å². The highest BCUT2D eigenvalue weighted by Crippen LogP contribution is 2.46. The molecule has 2 N–H and O–H groups in total. The van der Waals surface area contributed by atoms with Gasteiger partial charge in [-0.3, -0.25) is 0 Å². The molecule has 0 saturated carbocycles. The molecule has 1 atom stereocenters. The van der Waals surface area contributed by atoms with E-state index in [2.05, 4.69) is 5.10 Å². The van der Waals surface area contributed by atoms with E-state index in [9.17, 15) is 18.4 Å². The van der Waals surface area contributed by atoms with Crippen LogP contribution in [0.15, 0.2) is 66.1 Å². The van der Waals surface area contributed by atoms with Gasteiger partial charge < -0.3 is 10.5 Å². The van der Waals surface area contributed by atoms with Crippen molar-refractivity contribution >= 4 is 0 Å². The Bertz CT molecular complexity index is 1140. The summed E-state index contributed by atoms with van der Waals surface area (Å²) in [4.78, 5) is 0. The molecule has 0 fully saturated rings. The second kappa shape index (κ2) is 6.71. The van der Waals surface area contributed by atoms with Crippen LogP contribution < -0.4 is 10.5 Å². The summed E-state index contributed by atoms with van der Waals surface area (Å²) in [5.41, 5.74) is 7.78. The number of ether oxygens (including phenoxy) is 1. The van der Waals surface area contributed by atoms with E-state index in [0.717, 1.165) is 17.7 Å². The first-order chi connectivity index (χ1) is 13.8. The fourth-order valence-electron chi connectivity index (χ4n) is 3.48. The molecule has 0 bridgehead atoms. The van der Waals surface area contributed by atoms with Crippen LogP contribution in [-0.2, 0) is 13.2 Å². The Labute approximate surface area is 164 Å². The molecule has 2 aromatic carbocycles. The highest BCUT2D eigenvalue weighted by atomic mass is 19.4. The monoisotopic (exact) mass is 396 g/mol. The fourth-order valence-corrected chi connectivity index (χ4v) is 3.48. The van der Waals surface area contributed by atoms with Crippen molar-refractivity contribution in [3.8, 4) is 23.2 Å². The minimum absolute atomic E-state index is 0.0903. The lowest BCUT2D eigenvalue weighted by molar-refractivity contribution is -0.137. The molecule has 0 radical (unpaired) electrons. The SMILES string of the molecule is Cn1nc(-c2ccccc2)c2c1OC(N)=C(C#N)C2c1ccc(C(F)(F)F)cc1. The summed E-state index contributed by atoms with van der Waals surface area (Å²) in [6.07, 6.45) is -4.45. The topological polar surface area (TPSA) is 76.9 Å². The number of nitrogens with two attached hydrogens (primary N) is 1. The molecule has 8 heteroatoms. The molecule has 0 amide bonds. The largest absolute Gasteiger partial charge is 0.422 e. The highest BCUT2D eigenvalue weighted by molar-refractivity contribution is 5.71. The molecule has 0 spiro atoms. The smallest absolute Gasteiger partial charge is 0.416 e. The van der Waals surface area contributed by atoms with Gasteiger partial charge in [-0.2, -0.15) is 23.5 Å². The van der Waals surface area contributed by atoms with Crippen molar-refractivity contribution in [1.29, 1.82) is 5.26 Å². The third-order valence-corrected chi connectivity index (χ3v) is 4.82. The minimum atomic E-state index is -4.45. The number of aromatic nitrogens is 2. The van der Waals surface area contributed by atoms with Gasteiger partial charge in [-0.25, -0.2) is 4.68 Å². The molecule has 0 saturated heterocycles. The number of rotatable bonds is 2. The number of allylic oxidation sites excluding steroid dienone is 1. The molecule has 1 aliphatic rings. The molecule has 146 valence electrons. The van der Waals surface area contributed by atoms with E-state index in [0.29, 0.717) is 22.7 Å². The first kappa shape index (κ1) is 18.6. The van der Waals surface area contributed by atoms with Crippen molar-refractivity contribution < 1.29 is 17.9 Å². The molecule has 4 rings (SSSR count). The van der Waals surface area contributed by atoms with Crippen LogP contribution in [0.5, 0.6) is 5.88 Å². The first-order valence-electron chi connectivity index (χ1n) is 8.68. The Morgan fingerprint density at radius 3 is 2.34 bits per heavy atom. The van der Waals surface area contributed by atoms with E-state index in [1.165, 1.54) is 16.8 Å². The Morgan fingerprint density at radius 2 is 1.76 bits per heavy atom. The average Bonchev–Trinajstić information content (AvgIpc) is 3.03. The minimum Gasteiger partial charge on any atom is -0.422 e. The van der Waals surface area contributed by atoms with Crippen molar-refractivity contribution in [3.05, 3.63) is 82.7 Å². The number of alkyl halides is 3. The Balaban J connectivity index is 1.93. The molecular weight excluding hydrogens is 381 g/mol. The van der Waals surface area contributed by atoms with Gasteiger partial charge in [0.1, 0.15) is 17.3 Å². The third kappa shape index (κ3) is 3.10. The summed E-state index contributed by atoms with van der Waals surface area (Å²) < 4.78 is 46.1. The molecule has 1 aromatic heterocycles. The average molecular weight is 396 g/mol. The van der Waals surface area contributed by atoms with Crippen LogP contribution in [-0.4, -0.2) is 9.78 Å². The van der Waals surface area contributed by atoms with Crippen molar-refractivity contribution in [2.45, 2.75) is 12.1 Å². The Hall–Kier alpha value is -3.73. The lowest BCUT2D eigenvalue weighted by Gasteiger charge is -2.25. The summed E-state index contributed by atoms with van der Waals surface area (Å²) in [5, 5.41) is 14.2. The number of fused-ring (bicyclic) bond motifs is 1. The van der Waals surface area contributed by atoms with Crippen molar-refractivity contribution in [2.24, 2.45) is 12.8 Å². The standard InChI is InChI=1S/C21H15F3N4O/c1-28-20-17(18(27-28)13-5-3-2-4-6-13)16(15(11-25)19(26)29-20)12-7-9-14(10-8-12)21(22,23)24/h2-10,16H,26H2,1H3. The van der Waals surface area contributed by atoms with E-state index in [4.69, 9.17) is 10.5 Å². The number of benzene rings is 2. The lowest BCUT2D eigenvalue weighted by Crippen LogP contribution is -2.22. The zero-order chi connectivity index (χ0) is 20.8. The van der Waals surface area contributed by atoms with Gasteiger partial charge in [0.05, 0.1) is 17.0 Å². The number of hydrogen-bond donors (Lipinski definition) is 1. The van der Waals surface area contributed by atoms with Gasteiger partial charge in [0.2, 0.25) is 11.8 Å². The van der Waals surface area contributed by atoms with E-state index in [1.807, 2.05) is 36.4 Å². The summed E-state index contributed by atoms with van der Waals surface area (Å²) in [6, 6.07) is 16.0. The van der Waals surface area contributed by atoms with Gasteiger partial charge in [-0.05, 0) is 17.7 Å². The van der Waals surface area contributed by atoms with Crippen LogP contribution in [0.4, 0.5) is 13.2 Å². The molecule has 0 aliphatic carbocycles. The Morgan fingerprint density at radius 1 is 1.10 bits per heavy atom. The van der Waals surface area contributed by atoms with Gasteiger partial charge in [0, 0.05) is 12.6 Å². The maximum atomic E-state index is 13.0. The number of aryl methyl sites for hydroxylation is 1. The van der Waals surface area contributed by atoms with Gasteiger partial charge in [0.15, 0.2) is 0 Å². The number of nitrogens with zero attached hydrogens (tertiary/aromatic N) is 3. The predicted molar refractivity (Wildman–Crippen MR) is 99.4 cm³/mol. The van der Waals surface area contributed by atoms with Gasteiger partial charge in [-0.1, -0.05) is 42.5 Å². The molecular formula is C21H15F3N4O. The van der Waals surface area contributed by atoms with Crippen LogP contribution in [0.3, 0.4) is 0 Å². The van der Waals surface area contributed by atoms with Crippen LogP contribution >= 0.6 is 0 Å². The van der Waals surface area contributed by atoms with Gasteiger partial charge >= 0.3 is 6.18 Å². The molecule has 2 heterocycles. The van der Waals surface area contributed by atoms with E-state index < -0.39 is 17.7 Å². The number of nitriles is 1. The van der Waals surface area contributed by atoms with Crippen molar-refractivity contribution in [2.75, 3.05) is 0 Å². The highest BCUT2D eigenvalue weighted by Gasteiger charge is 2.37. The summed E-state index contributed by atoms with van der Waals surface area (Å²) in [5.74, 6) is -0.437. The predicted octanol–water partition coefficient (Wildman–Crippen LogP) is 4.32. The van der Waals surface area contributed by atoms with Crippen LogP contribution in [0.25, 0.3) is 11.3 Å². The zero-order valence-electron chi connectivity index (χ0n) is 15.2. The van der Waals surface area contributed by atoms with E-state index in [-0.39, 0.29) is 11.5 Å². The second-order valence-corrected chi connectivity index (χ2v) is 6.60. The normalized spacial score (nSPS) is 16.2. The van der Waals surface area contributed by atoms with E-state index in [1.54, 1.807) is 7.05 Å². The molecule has 1 aliphatic heterocycles. The molecule has 3 aromatic rings. The van der Waals surface area contributed by atoms with Crippen LogP contribution in [0.1, 0.15) is 22.6 Å². The molecule has 1 unspecified atom stereocenters. The van der Waals surface area contributed by atoms with Crippen molar-refractivity contribution in [1.82, 2.24) is 9.78 Å². The number of halogens is 3.